The molecule has 0 aliphatic carbocycles. The number of hydrogen-bond acceptors (Lipinski definition) is 2. The lowest BCUT2D eigenvalue weighted by atomic mass is 9.91. The smallest absolute Gasteiger partial charge is 0.132 e. The SMILES string of the molecule is CCc1ccc2nc(N)c(-c3ccccc3)c(-c3ccccc3)c2c1. The molecule has 0 saturated heterocycles. The van der Waals surface area contributed by atoms with Gasteiger partial charge in [0.2, 0.25) is 0 Å². The van der Waals surface area contributed by atoms with E-state index in [1.807, 2.05) is 24.3 Å². The van der Waals surface area contributed by atoms with Crippen molar-refractivity contribution in [3.8, 4) is 22.3 Å². The zero-order chi connectivity index (χ0) is 17.2. The lowest BCUT2D eigenvalue weighted by Gasteiger charge is -2.16. The van der Waals surface area contributed by atoms with Crippen molar-refractivity contribution in [2.75, 3.05) is 5.73 Å². The van der Waals surface area contributed by atoms with Gasteiger partial charge >= 0.3 is 0 Å². The van der Waals surface area contributed by atoms with Gasteiger partial charge in [-0.1, -0.05) is 73.7 Å². The zero-order valence-electron chi connectivity index (χ0n) is 14.2. The van der Waals surface area contributed by atoms with Crippen LogP contribution in [-0.4, -0.2) is 4.98 Å². The summed E-state index contributed by atoms with van der Waals surface area (Å²) in [4.78, 5) is 4.69. The number of anilines is 1. The zero-order valence-corrected chi connectivity index (χ0v) is 14.2. The molecule has 4 rings (SSSR count). The van der Waals surface area contributed by atoms with E-state index >= 15 is 0 Å². The normalized spacial score (nSPS) is 10.9. The molecule has 0 bridgehead atoms. The first-order chi connectivity index (χ1) is 12.3. The Kier molecular flexibility index (Phi) is 3.95. The summed E-state index contributed by atoms with van der Waals surface area (Å²) in [6.45, 7) is 2.17. The van der Waals surface area contributed by atoms with Crippen LogP contribution in [0.3, 0.4) is 0 Å². The van der Waals surface area contributed by atoms with Crippen LogP contribution in [0.1, 0.15) is 12.5 Å². The van der Waals surface area contributed by atoms with Crippen molar-refractivity contribution in [2.24, 2.45) is 0 Å². The highest BCUT2D eigenvalue weighted by molar-refractivity contribution is 6.05. The van der Waals surface area contributed by atoms with Gasteiger partial charge in [-0.15, -0.1) is 0 Å². The molecule has 1 heterocycles. The van der Waals surface area contributed by atoms with Crippen LogP contribution in [0.5, 0.6) is 0 Å². The maximum Gasteiger partial charge on any atom is 0.132 e. The molecule has 0 unspecified atom stereocenters. The maximum absolute atomic E-state index is 6.42. The minimum absolute atomic E-state index is 0.571. The van der Waals surface area contributed by atoms with Crippen LogP contribution in [0.4, 0.5) is 5.82 Å². The molecule has 0 fully saturated rings. The number of rotatable bonds is 3. The second-order valence-corrected chi connectivity index (χ2v) is 6.18. The molecule has 0 amide bonds. The van der Waals surface area contributed by atoms with Crippen LogP contribution < -0.4 is 5.73 Å². The molecule has 122 valence electrons. The Morgan fingerprint density at radius 1 is 0.760 bits per heavy atom. The fourth-order valence-corrected chi connectivity index (χ4v) is 3.35. The Labute approximate surface area is 148 Å². The number of aromatic nitrogens is 1. The van der Waals surface area contributed by atoms with Crippen LogP contribution >= 0.6 is 0 Å². The number of nitrogens with zero attached hydrogens (tertiary/aromatic N) is 1. The summed E-state index contributed by atoms with van der Waals surface area (Å²) in [6, 6.07) is 27.2. The molecule has 2 N–H and O–H groups in total. The summed E-state index contributed by atoms with van der Waals surface area (Å²) >= 11 is 0. The predicted octanol–water partition coefficient (Wildman–Crippen LogP) is 5.71. The Hall–Kier alpha value is -3.13. The van der Waals surface area contributed by atoms with Crippen molar-refractivity contribution in [1.29, 1.82) is 0 Å². The average molecular weight is 324 g/mol. The lowest BCUT2D eigenvalue weighted by molar-refractivity contribution is 1.14. The molecular formula is C23H20N2. The number of fused-ring (bicyclic) bond motifs is 1. The van der Waals surface area contributed by atoms with Crippen molar-refractivity contribution in [1.82, 2.24) is 4.98 Å². The highest BCUT2D eigenvalue weighted by atomic mass is 14.8. The summed E-state index contributed by atoms with van der Waals surface area (Å²) in [5, 5.41) is 1.15. The van der Waals surface area contributed by atoms with Crippen LogP contribution in [0.2, 0.25) is 0 Å². The number of aryl methyl sites for hydroxylation is 1. The molecular weight excluding hydrogens is 304 g/mol. The van der Waals surface area contributed by atoms with Crippen molar-refractivity contribution in [2.45, 2.75) is 13.3 Å². The van der Waals surface area contributed by atoms with Crippen LogP contribution in [-0.2, 0) is 6.42 Å². The van der Waals surface area contributed by atoms with Gasteiger partial charge < -0.3 is 5.73 Å². The Morgan fingerprint density at radius 3 is 1.96 bits per heavy atom. The van der Waals surface area contributed by atoms with Gasteiger partial charge in [0.15, 0.2) is 0 Å². The minimum Gasteiger partial charge on any atom is -0.383 e. The van der Waals surface area contributed by atoms with E-state index in [-0.39, 0.29) is 0 Å². The first-order valence-electron chi connectivity index (χ1n) is 8.61. The molecule has 25 heavy (non-hydrogen) atoms. The summed E-state index contributed by atoms with van der Waals surface area (Å²) < 4.78 is 0. The van der Waals surface area contributed by atoms with Crippen molar-refractivity contribution in [3.63, 3.8) is 0 Å². The molecule has 0 saturated carbocycles. The van der Waals surface area contributed by atoms with Crippen LogP contribution in [0.25, 0.3) is 33.2 Å². The predicted molar refractivity (Wildman–Crippen MR) is 106 cm³/mol. The number of hydrogen-bond donors (Lipinski definition) is 1. The van der Waals surface area contributed by atoms with Gasteiger partial charge in [-0.2, -0.15) is 0 Å². The van der Waals surface area contributed by atoms with Gasteiger partial charge in [0.25, 0.3) is 0 Å². The monoisotopic (exact) mass is 324 g/mol. The van der Waals surface area contributed by atoms with E-state index in [1.54, 1.807) is 0 Å². The van der Waals surface area contributed by atoms with E-state index in [0.717, 1.165) is 39.6 Å². The topological polar surface area (TPSA) is 38.9 Å². The van der Waals surface area contributed by atoms with Gasteiger partial charge in [0.05, 0.1) is 5.52 Å². The summed E-state index contributed by atoms with van der Waals surface area (Å²) in [5.41, 5.74) is 13.1. The third-order valence-electron chi connectivity index (χ3n) is 4.61. The first-order valence-corrected chi connectivity index (χ1v) is 8.61. The van der Waals surface area contributed by atoms with Crippen molar-refractivity contribution >= 4 is 16.7 Å². The van der Waals surface area contributed by atoms with Gasteiger partial charge in [-0.05, 0) is 35.2 Å². The maximum atomic E-state index is 6.42. The van der Waals surface area contributed by atoms with E-state index in [2.05, 4.69) is 61.5 Å². The summed E-state index contributed by atoms with van der Waals surface area (Å²) in [5.74, 6) is 0.571. The number of nitrogen functional groups attached to an aromatic ring is 1. The third kappa shape index (κ3) is 2.76. The molecule has 1 aromatic heterocycles. The highest BCUT2D eigenvalue weighted by Crippen LogP contribution is 2.40. The van der Waals surface area contributed by atoms with E-state index in [0.29, 0.717) is 5.82 Å². The van der Waals surface area contributed by atoms with Gasteiger partial charge in [0, 0.05) is 16.5 Å². The minimum atomic E-state index is 0.571. The van der Waals surface area contributed by atoms with E-state index in [4.69, 9.17) is 10.7 Å². The second kappa shape index (κ2) is 6.40. The third-order valence-corrected chi connectivity index (χ3v) is 4.61. The molecule has 2 heteroatoms. The van der Waals surface area contributed by atoms with Gasteiger partial charge in [0.1, 0.15) is 5.82 Å². The second-order valence-electron chi connectivity index (χ2n) is 6.18. The molecule has 0 aliphatic rings. The number of benzene rings is 3. The molecule has 3 aromatic carbocycles. The van der Waals surface area contributed by atoms with Crippen molar-refractivity contribution in [3.05, 3.63) is 84.4 Å². The first kappa shape index (κ1) is 15.4. The molecule has 4 aromatic rings. The molecule has 0 radical (unpaired) electrons. The quantitative estimate of drug-likeness (QED) is 0.524. The summed E-state index contributed by atoms with van der Waals surface area (Å²) in [7, 11) is 0. The van der Waals surface area contributed by atoms with Crippen molar-refractivity contribution < 1.29 is 0 Å². The standard InChI is InChI=1S/C23H20N2/c1-2-16-13-14-20-19(15-16)21(17-9-5-3-6-10-17)22(23(24)25-20)18-11-7-4-8-12-18/h3-15H,2H2,1H3,(H2,24,25). The average Bonchev–Trinajstić information content (AvgIpc) is 2.68. The largest absolute Gasteiger partial charge is 0.383 e. The molecule has 2 nitrogen and oxygen atoms in total. The number of pyridine rings is 1. The highest BCUT2D eigenvalue weighted by Gasteiger charge is 2.16. The number of nitrogens with two attached hydrogens (primary N) is 1. The molecule has 0 atom stereocenters. The van der Waals surface area contributed by atoms with Gasteiger partial charge in [-0.25, -0.2) is 4.98 Å². The molecule has 0 spiro atoms. The Balaban J connectivity index is 2.15. The Morgan fingerprint density at radius 2 is 1.36 bits per heavy atom. The van der Waals surface area contributed by atoms with E-state index in [1.165, 1.54) is 5.56 Å². The lowest BCUT2D eigenvalue weighted by Crippen LogP contribution is -1.99. The fourth-order valence-electron chi connectivity index (χ4n) is 3.35. The van der Waals surface area contributed by atoms with Gasteiger partial charge in [-0.3, -0.25) is 0 Å². The van der Waals surface area contributed by atoms with Crippen LogP contribution in [0.15, 0.2) is 78.9 Å². The summed E-state index contributed by atoms with van der Waals surface area (Å²) in [6.07, 6.45) is 0.995. The van der Waals surface area contributed by atoms with E-state index in [9.17, 15) is 0 Å². The Bertz CT molecular complexity index is 1020. The van der Waals surface area contributed by atoms with Crippen LogP contribution in [0, 0.1) is 0 Å². The molecule has 0 aliphatic heterocycles. The fraction of sp³-hybridized carbons (Fsp3) is 0.0870. The van der Waals surface area contributed by atoms with E-state index < -0.39 is 0 Å².